The summed E-state index contributed by atoms with van der Waals surface area (Å²) < 4.78 is 65.5. The third-order valence-electron chi connectivity index (χ3n) is 3.93. The molecule has 0 aliphatic rings. The molecule has 0 saturated carbocycles. The van der Waals surface area contributed by atoms with E-state index in [0.717, 1.165) is 18.2 Å². The van der Waals surface area contributed by atoms with Crippen LogP contribution >= 0.6 is 11.6 Å². The van der Waals surface area contributed by atoms with Crippen LogP contribution in [0.4, 0.5) is 10.1 Å². The molecule has 0 spiro atoms. The summed E-state index contributed by atoms with van der Waals surface area (Å²) in [7, 11) is -8.41. The zero-order valence-corrected chi connectivity index (χ0v) is 17.9. The quantitative estimate of drug-likeness (QED) is 0.446. The van der Waals surface area contributed by atoms with E-state index < -0.39 is 36.7 Å². The first kappa shape index (κ1) is 22.7. The maximum atomic E-state index is 13.7. The van der Waals surface area contributed by atoms with Crippen molar-refractivity contribution in [2.75, 3.05) is 4.72 Å². The number of carbonyl (C=O) groups is 1. The number of carbonyl (C=O) groups excluding carboxylic acids is 1. The number of hydrazine groups is 1. The number of sulfonamides is 2. The fourth-order valence-corrected chi connectivity index (χ4v) is 4.59. The van der Waals surface area contributed by atoms with Gasteiger partial charge in [-0.15, -0.1) is 4.83 Å². The molecule has 3 N–H and O–H groups in total. The van der Waals surface area contributed by atoms with Gasteiger partial charge in [0.15, 0.2) is 0 Å². The topological polar surface area (TPSA) is 121 Å². The molecule has 0 heterocycles. The van der Waals surface area contributed by atoms with E-state index in [9.17, 15) is 26.0 Å². The maximum absolute atomic E-state index is 13.7. The van der Waals surface area contributed by atoms with Gasteiger partial charge in [-0.2, -0.15) is 0 Å². The highest BCUT2D eigenvalue weighted by Crippen LogP contribution is 2.19. The molecule has 0 saturated heterocycles. The smallest absolute Gasteiger partial charge is 0.266 e. The summed E-state index contributed by atoms with van der Waals surface area (Å²) in [4.78, 5) is 13.2. The van der Waals surface area contributed by atoms with Gasteiger partial charge in [0.1, 0.15) is 10.7 Å². The number of benzene rings is 3. The second-order valence-electron chi connectivity index (χ2n) is 6.13. The van der Waals surface area contributed by atoms with Crippen LogP contribution in [0.5, 0.6) is 0 Å². The van der Waals surface area contributed by atoms with Crippen molar-refractivity contribution in [2.24, 2.45) is 0 Å². The molecule has 162 valence electrons. The number of rotatable bonds is 7. The number of amides is 1. The zero-order chi connectivity index (χ0) is 22.6. The Balaban J connectivity index is 1.75. The Morgan fingerprint density at radius 1 is 0.839 bits per heavy atom. The van der Waals surface area contributed by atoms with Crippen LogP contribution in [-0.4, -0.2) is 22.7 Å². The lowest BCUT2D eigenvalue weighted by atomic mass is 10.2. The van der Waals surface area contributed by atoms with E-state index in [1.807, 2.05) is 5.43 Å². The minimum Gasteiger partial charge on any atom is -0.280 e. The fourth-order valence-electron chi connectivity index (χ4n) is 2.44. The van der Waals surface area contributed by atoms with Gasteiger partial charge >= 0.3 is 0 Å². The molecule has 12 heteroatoms. The van der Waals surface area contributed by atoms with Crippen molar-refractivity contribution in [2.45, 2.75) is 9.79 Å². The van der Waals surface area contributed by atoms with E-state index in [2.05, 4.69) is 4.72 Å². The first-order valence-electron chi connectivity index (χ1n) is 8.54. The van der Waals surface area contributed by atoms with Crippen LogP contribution in [-0.2, 0) is 20.0 Å². The Kier molecular flexibility index (Phi) is 6.60. The van der Waals surface area contributed by atoms with Gasteiger partial charge in [-0.1, -0.05) is 29.8 Å². The van der Waals surface area contributed by atoms with Crippen LogP contribution in [0, 0.1) is 5.82 Å². The Labute approximate surface area is 183 Å². The van der Waals surface area contributed by atoms with Crippen molar-refractivity contribution < 1.29 is 26.0 Å². The standard InChI is InChI=1S/C19H15ClFN3O5S2/c20-14-8-10-15(11-9-14)23-30(26,27)16-5-3-4-13(12-16)19(25)22-24-31(28,29)18-7-2-1-6-17(18)21/h1-12,23-24H,(H,22,25). The van der Waals surface area contributed by atoms with Gasteiger partial charge in [-0.3, -0.25) is 14.9 Å². The lowest BCUT2D eigenvalue weighted by molar-refractivity contribution is 0.0945. The molecule has 0 atom stereocenters. The predicted molar refractivity (Wildman–Crippen MR) is 113 cm³/mol. The number of hydrogen-bond acceptors (Lipinski definition) is 5. The molecule has 31 heavy (non-hydrogen) atoms. The van der Waals surface area contributed by atoms with Gasteiger partial charge in [0.2, 0.25) is 0 Å². The third-order valence-corrected chi connectivity index (χ3v) is 6.84. The van der Waals surface area contributed by atoms with E-state index in [1.165, 1.54) is 54.6 Å². The zero-order valence-electron chi connectivity index (χ0n) is 15.5. The normalized spacial score (nSPS) is 11.7. The summed E-state index contributed by atoms with van der Waals surface area (Å²) in [6, 6.07) is 15.5. The van der Waals surface area contributed by atoms with Gasteiger partial charge in [-0.05, 0) is 54.6 Å². The van der Waals surface area contributed by atoms with Crippen LogP contribution in [0.3, 0.4) is 0 Å². The highest BCUT2D eigenvalue weighted by molar-refractivity contribution is 7.92. The van der Waals surface area contributed by atoms with E-state index >= 15 is 0 Å². The molecule has 0 aliphatic carbocycles. The molecule has 8 nitrogen and oxygen atoms in total. The Hall–Kier alpha value is -2.99. The number of hydrogen-bond donors (Lipinski definition) is 3. The second kappa shape index (κ2) is 9.02. The van der Waals surface area contributed by atoms with Crippen LogP contribution in [0.2, 0.25) is 5.02 Å². The molecule has 0 bridgehead atoms. The molecule has 0 unspecified atom stereocenters. The largest absolute Gasteiger partial charge is 0.280 e. The summed E-state index contributed by atoms with van der Waals surface area (Å²) in [6.45, 7) is 0. The average Bonchev–Trinajstić information content (AvgIpc) is 2.74. The highest BCUT2D eigenvalue weighted by Gasteiger charge is 2.21. The maximum Gasteiger partial charge on any atom is 0.266 e. The van der Waals surface area contributed by atoms with Crippen LogP contribution in [0.1, 0.15) is 10.4 Å². The van der Waals surface area contributed by atoms with Crippen molar-refractivity contribution in [3.05, 3.63) is 89.2 Å². The van der Waals surface area contributed by atoms with Gasteiger partial charge in [0.05, 0.1) is 4.90 Å². The van der Waals surface area contributed by atoms with E-state index in [4.69, 9.17) is 11.6 Å². The minimum absolute atomic E-state index is 0.143. The second-order valence-corrected chi connectivity index (χ2v) is 9.90. The number of anilines is 1. The van der Waals surface area contributed by atoms with Crippen molar-refractivity contribution in [3.63, 3.8) is 0 Å². The number of nitrogens with one attached hydrogen (secondary N) is 3. The first-order valence-corrected chi connectivity index (χ1v) is 11.9. The lowest BCUT2D eigenvalue weighted by Crippen LogP contribution is -2.41. The molecule has 0 radical (unpaired) electrons. The van der Waals surface area contributed by atoms with Crippen LogP contribution in [0.25, 0.3) is 0 Å². The van der Waals surface area contributed by atoms with E-state index in [0.29, 0.717) is 5.02 Å². The summed E-state index contributed by atoms with van der Waals surface area (Å²) >= 11 is 5.77. The predicted octanol–water partition coefficient (Wildman–Crippen LogP) is 2.90. The molecule has 0 aromatic heterocycles. The third kappa shape index (κ3) is 5.58. The molecule has 3 aromatic rings. The molecule has 1 amide bonds. The van der Waals surface area contributed by atoms with Crippen molar-refractivity contribution in [3.8, 4) is 0 Å². The van der Waals surface area contributed by atoms with Crippen molar-refractivity contribution in [1.82, 2.24) is 10.3 Å². The Morgan fingerprint density at radius 2 is 1.52 bits per heavy atom. The summed E-state index contributed by atoms with van der Waals surface area (Å²) in [5.74, 6) is -1.94. The van der Waals surface area contributed by atoms with Gasteiger partial charge in [0.25, 0.3) is 26.0 Å². The molecule has 0 fully saturated rings. The van der Waals surface area contributed by atoms with Gasteiger partial charge in [-0.25, -0.2) is 21.2 Å². The highest BCUT2D eigenvalue weighted by atomic mass is 35.5. The molecule has 3 aromatic carbocycles. The summed E-state index contributed by atoms with van der Waals surface area (Å²) in [5, 5.41) is 0.430. The summed E-state index contributed by atoms with van der Waals surface area (Å²) in [5.41, 5.74) is 2.04. The molecular weight excluding hydrogens is 469 g/mol. The lowest BCUT2D eigenvalue weighted by Gasteiger charge is -2.11. The Bertz CT molecular complexity index is 1330. The first-order chi connectivity index (χ1) is 14.6. The van der Waals surface area contributed by atoms with E-state index in [-0.39, 0.29) is 16.1 Å². The van der Waals surface area contributed by atoms with Crippen molar-refractivity contribution >= 4 is 43.2 Å². The summed E-state index contributed by atoms with van der Waals surface area (Å²) in [6.07, 6.45) is 0. The molecule has 3 rings (SSSR count). The minimum atomic E-state index is -4.38. The monoisotopic (exact) mass is 483 g/mol. The average molecular weight is 484 g/mol. The number of halogens is 2. The van der Waals surface area contributed by atoms with Gasteiger partial charge in [0, 0.05) is 16.3 Å². The van der Waals surface area contributed by atoms with Gasteiger partial charge < -0.3 is 0 Å². The fraction of sp³-hybridized carbons (Fsp3) is 0. The van der Waals surface area contributed by atoms with Crippen LogP contribution < -0.4 is 15.0 Å². The van der Waals surface area contributed by atoms with Crippen LogP contribution in [0.15, 0.2) is 82.6 Å². The SMILES string of the molecule is O=C(NNS(=O)(=O)c1ccccc1F)c1cccc(S(=O)(=O)Nc2ccc(Cl)cc2)c1. The molecule has 0 aliphatic heterocycles. The molecular formula is C19H15ClFN3O5S2. The Morgan fingerprint density at radius 3 is 2.19 bits per heavy atom. The van der Waals surface area contributed by atoms with E-state index in [1.54, 1.807) is 4.83 Å². The van der Waals surface area contributed by atoms with Crippen molar-refractivity contribution in [1.29, 1.82) is 0 Å².